The van der Waals surface area contributed by atoms with Crippen LogP contribution in [-0.4, -0.2) is 35.6 Å². The largest absolute Gasteiger partial charge is 0.380 e. The van der Waals surface area contributed by atoms with E-state index < -0.39 is 0 Å². The Bertz CT molecular complexity index is 417. The van der Waals surface area contributed by atoms with E-state index in [9.17, 15) is 0 Å². The first-order chi connectivity index (χ1) is 9.46. The zero-order valence-corrected chi connectivity index (χ0v) is 15.1. The summed E-state index contributed by atoms with van der Waals surface area (Å²) in [5.41, 5.74) is 2.30. The van der Waals surface area contributed by atoms with Gasteiger partial charge in [0, 0.05) is 26.1 Å². The highest BCUT2D eigenvalue weighted by Crippen LogP contribution is 2.24. The summed E-state index contributed by atoms with van der Waals surface area (Å²) in [6.07, 6.45) is 1.11. The highest BCUT2D eigenvalue weighted by molar-refractivity contribution is 9.10. The molecule has 0 fully saturated rings. The summed E-state index contributed by atoms with van der Waals surface area (Å²) in [5.74, 6) is 0.474. The molecule has 20 heavy (non-hydrogen) atoms. The van der Waals surface area contributed by atoms with E-state index in [1.165, 1.54) is 5.69 Å². The van der Waals surface area contributed by atoms with Crippen LogP contribution in [0.3, 0.4) is 0 Å². The number of aromatic nitrogens is 2. The van der Waals surface area contributed by atoms with Gasteiger partial charge in [-0.15, -0.1) is 0 Å². The summed E-state index contributed by atoms with van der Waals surface area (Å²) in [6, 6.07) is 0.294. The Kier molecular flexibility index (Phi) is 7.20. The van der Waals surface area contributed by atoms with Crippen LogP contribution >= 0.6 is 15.9 Å². The van der Waals surface area contributed by atoms with Crippen LogP contribution in [0.5, 0.6) is 0 Å². The minimum absolute atomic E-state index is 0.197. The fraction of sp³-hybridized carbons (Fsp3) is 0.800. The van der Waals surface area contributed by atoms with Crippen molar-refractivity contribution in [2.24, 2.45) is 5.92 Å². The molecule has 0 bridgehead atoms. The summed E-state index contributed by atoms with van der Waals surface area (Å²) < 4.78 is 8.92. The quantitative estimate of drug-likeness (QED) is 0.786. The van der Waals surface area contributed by atoms with E-state index in [0.29, 0.717) is 12.0 Å². The average Bonchev–Trinajstić information content (AvgIpc) is 2.67. The number of likely N-dealkylation sites (N-methyl/N-ethyl adjacent to an activating group) is 1. The first-order valence-corrected chi connectivity index (χ1v) is 8.23. The minimum Gasteiger partial charge on any atom is -0.380 e. The second-order valence-electron chi connectivity index (χ2n) is 5.47. The SMILES string of the molecule is CCNC(Cc1c(Br)c(C)nn1CC)C(OC)C(C)C. The van der Waals surface area contributed by atoms with Gasteiger partial charge in [-0.3, -0.25) is 4.68 Å². The molecule has 0 spiro atoms. The number of halogens is 1. The molecule has 0 aliphatic rings. The van der Waals surface area contributed by atoms with Gasteiger partial charge >= 0.3 is 0 Å². The summed E-state index contributed by atoms with van der Waals surface area (Å²) >= 11 is 3.68. The number of aryl methyl sites for hydroxylation is 2. The second kappa shape index (κ2) is 8.15. The Morgan fingerprint density at radius 1 is 1.35 bits per heavy atom. The lowest BCUT2D eigenvalue weighted by Gasteiger charge is -2.30. The second-order valence-corrected chi connectivity index (χ2v) is 6.27. The zero-order valence-electron chi connectivity index (χ0n) is 13.5. The van der Waals surface area contributed by atoms with Crippen LogP contribution in [0.4, 0.5) is 0 Å². The van der Waals surface area contributed by atoms with Crippen LogP contribution in [-0.2, 0) is 17.7 Å². The van der Waals surface area contributed by atoms with Crippen molar-refractivity contribution in [3.8, 4) is 0 Å². The lowest BCUT2D eigenvalue weighted by Crippen LogP contribution is -2.45. The fourth-order valence-corrected chi connectivity index (χ4v) is 3.19. The number of rotatable bonds is 8. The summed E-state index contributed by atoms with van der Waals surface area (Å²) in [6.45, 7) is 12.5. The van der Waals surface area contributed by atoms with E-state index in [1.807, 2.05) is 6.92 Å². The number of ether oxygens (including phenoxy) is 1. The Morgan fingerprint density at radius 2 is 2.00 bits per heavy atom. The lowest BCUT2D eigenvalue weighted by atomic mass is 9.95. The maximum absolute atomic E-state index is 5.71. The maximum atomic E-state index is 5.71. The number of hydrogen-bond donors (Lipinski definition) is 1. The molecule has 1 rings (SSSR count). The first kappa shape index (κ1) is 17.7. The van der Waals surface area contributed by atoms with Gasteiger partial charge in [0.05, 0.1) is 22.0 Å². The summed E-state index contributed by atoms with van der Waals surface area (Å²) in [4.78, 5) is 0. The van der Waals surface area contributed by atoms with E-state index in [-0.39, 0.29) is 6.10 Å². The first-order valence-electron chi connectivity index (χ1n) is 7.44. The molecular formula is C15H28BrN3O. The van der Waals surface area contributed by atoms with Crippen molar-refractivity contribution in [1.29, 1.82) is 0 Å². The Balaban J connectivity index is 3.01. The predicted octanol–water partition coefficient (Wildman–Crippen LogP) is 3.17. The molecule has 0 aromatic carbocycles. The van der Waals surface area contributed by atoms with Crippen molar-refractivity contribution in [1.82, 2.24) is 15.1 Å². The monoisotopic (exact) mass is 345 g/mol. The number of methoxy groups -OCH3 is 1. The van der Waals surface area contributed by atoms with Crippen LogP contribution in [0, 0.1) is 12.8 Å². The molecule has 1 heterocycles. The van der Waals surface area contributed by atoms with E-state index in [0.717, 1.165) is 29.7 Å². The van der Waals surface area contributed by atoms with Crippen molar-refractivity contribution < 1.29 is 4.74 Å². The van der Waals surface area contributed by atoms with Crippen LogP contribution in [0.15, 0.2) is 4.47 Å². The summed E-state index contributed by atoms with van der Waals surface area (Å²) in [5, 5.41) is 8.14. The smallest absolute Gasteiger partial charge is 0.0750 e. The molecule has 1 N–H and O–H groups in total. The number of nitrogens with one attached hydrogen (secondary N) is 1. The van der Waals surface area contributed by atoms with Crippen molar-refractivity contribution in [2.75, 3.05) is 13.7 Å². The van der Waals surface area contributed by atoms with Gasteiger partial charge in [0.15, 0.2) is 0 Å². The average molecular weight is 346 g/mol. The third-order valence-electron chi connectivity index (χ3n) is 3.66. The fourth-order valence-electron chi connectivity index (χ4n) is 2.74. The molecule has 1 aromatic heterocycles. The Morgan fingerprint density at radius 3 is 2.45 bits per heavy atom. The van der Waals surface area contributed by atoms with Gasteiger partial charge in [-0.1, -0.05) is 20.8 Å². The predicted molar refractivity (Wildman–Crippen MR) is 87.1 cm³/mol. The normalized spacial score (nSPS) is 14.8. The van der Waals surface area contributed by atoms with Crippen molar-refractivity contribution in [3.05, 3.63) is 15.9 Å². The molecule has 0 amide bonds. The third kappa shape index (κ3) is 4.06. The maximum Gasteiger partial charge on any atom is 0.0750 e. The molecule has 5 heteroatoms. The number of nitrogens with zero attached hydrogens (tertiary/aromatic N) is 2. The molecule has 1 aromatic rings. The topological polar surface area (TPSA) is 39.1 Å². The van der Waals surface area contributed by atoms with Gasteiger partial charge < -0.3 is 10.1 Å². The third-order valence-corrected chi connectivity index (χ3v) is 4.69. The molecule has 4 nitrogen and oxygen atoms in total. The van der Waals surface area contributed by atoms with Crippen molar-refractivity contribution in [3.63, 3.8) is 0 Å². The molecule has 0 saturated heterocycles. The Labute approximate surface area is 131 Å². The van der Waals surface area contributed by atoms with Gasteiger partial charge in [-0.05, 0) is 42.2 Å². The van der Waals surface area contributed by atoms with Gasteiger partial charge in [-0.2, -0.15) is 5.10 Å². The lowest BCUT2D eigenvalue weighted by molar-refractivity contribution is 0.0331. The van der Waals surface area contributed by atoms with Gasteiger partial charge in [0.1, 0.15) is 0 Å². The van der Waals surface area contributed by atoms with Gasteiger partial charge in [0.2, 0.25) is 0 Å². The zero-order chi connectivity index (χ0) is 15.3. The summed E-state index contributed by atoms with van der Waals surface area (Å²) in [7, 11) is 1.80. The van der Waals surface area contributed by atoms with Crippen molar-refractivity contribution in [2.45, 2.75) is 59.7 Å². The molecular weight excluding hydrogens is 318 g/mol. The van der Waals surface area contributed by atoms with Crippen LogP contribution in [0.1, 0.15) is 39.1 Å². The van der Waals surface area contributed by atoms with Crippen LogP contribution in [0.2, 0.25) is 0 Å². The highest BCUT2D eigenvalue weighted by Gasteiger charge is 2.26. The van der Waals surface area contributed by atoms with E-state index in [1.54, 1.807) is 7.11 Å². The molecule has 116 valence electrons. The van der Waals surface area contributed by atoms with E-state index in [2.05, 4.69) is 58.7 Å². The van der Waals surface area contributed by atoms with Crippen LogP contribution < -0.4 is 5.32 Å². The molecule has 0 aliphatic carbocycles. The molecule has 0 aliphatic heterocycles. The van der Waals surface area contributed by atoms with Crippen LogP contribution in [0.25, 0.3) is 0 Å². The van der Waals surface area contributed by atoms with E-state index >= 15 is 0 Å². The number of hydrogen-bond acceptors (Lipinski definition) is 3. The molecule has 0 saturated carbocycles. The molecule has 2 atom stereocenters. The Hall–Kier alpha value is -0.390. The standard InChI is InChI=1S/C15H28BrN3O/c1-7-17-12(15(20-6)10(3)4)9-13-14(16)11(5)18-19(13)8-2/h10,12,15,17H,7-9H2,1-6H3. The molecule has 2 unspecified atom stereocenters. The minimum atomic E-state index is 0.197. The molecule has 0 radical (unpaired) electrons. The highest BCUT2D eigenvalue weighted by atomic mass is 79.9. The van der Waals surface area contributed by atoms with Crippen molar-refractivity contribution >= 4 is 15.9 Å². The van der Waals surface area contributed by atoms with Gasteiger partial charge in [0.25, 0.3) is 0 Å². The van der Waals surface area contributed by atoms with Gasteiger partial charge in [-0.25, -0.2) is 0 Å². The van der Waals surface area contributed by atoms with E-state index in [4.69, 9.17) is 4.74 Å².